The van der Waals surface area contributed by atoms with Gasteiger partial charge in [0.2, 0.25) is 11.8 Å². The Bertz CT molecular complexity index is 1150. The van der Waals surface area contributed by atoms with Crippen LogP contribution in [0, 0.1) is 0 Å². The molecule has 0 aliphatic rings. The quantitative estimate of drug-likeness (QED) is 0.212. The van der Waals surface area contributed by atoms with Crippen molar-refractivity contribution >= 4 is 23.6 Å². The molecule has 8 heteroatoms. The van der Waals surface area contributed by atoms with Crippen molar-refractivity contribution in [3.05, 3.63) is 84.6 Å². The van der Waals surface area contributed by atoms with Crippen molar-refractivity contribution in [1.82, 2.24) is 15.6 Å². The lowest BCUT2D eigenvalue weighted by Gasteiger charge is -2.23. The maximum Gasteiger partial charge on any atom is 0.305 e. The van der Waals surface area contributed by atoms with Gasteiger partial charge in [-0.3, -0.25) is 14.4 Å². The molecule has 0 fully saturated rings. The second-order valence-corrected chi connectivity index (χ2v) is 9.15. The highest BCUT2D eigenvalue weighted by molar-refractivity contribution is 5.88. The Morgan fingerprint density at radius 2 is 1.58 bits per heavy atom. The van der Waals surface area contributed by atoms with Gasteiger partial charge in [-0.1, -0.05) is 74.0 Å². The van der Waals surface area contributed by atoms with Crippen LogP contribution in [0.3, 0.4) is 0 Å². The zero-order valence-electron chi connectivity index (χ0n) is 21.7. The molecule has 2 aromatic carbocycles. The van der Waals surface area contributed by atoms with Gasteiger partial charge in [-0.15, -0.1) is 0 Å². The number of amides is 2. The molecule has 1 aromatic heterocycles. The molecule has 200 valence electrons. The normalized spacial score (nSPS) is 12.2. The lowest BCUT2D eigenvalue weighted by molar-refractivity contribution is -0.138. The van der Waals surface area contributed by atoms with E-state index in [2.05, 4.69) is 20.9 Å². The molecule has 2 amide bonds. The topological polar surface area (TPSA) is 120 Å². The van der Waals surface area contributed by atoms with Crippen LogP contribution in [-0.4, -0.2) is 40.5 Å². The number of benzene rings is 2. The number of nitrogens with one attached hydrogen (secondary N) is 3. The molecule has 4 N–H and O–H groups in total. The van der Waals surface area contributed by atoms with Crippen LogP contribution < -0.4 is 16.0 Å². The van der Waals surface area contributed by atoms with Crippen LogP contribution in [0.5, 0.6) is 0 Å². The Hall–Kier alpha value is -4.20. The van der Waals surface area contributed by atoms with Gasteiger partial charge in [0.15, 0.2) is 0 Å². The number of carboxylic acid groups (broad SMARTS) is 1. The van der Waals surface area contributed by atoms with E-state index in [-0.39, 0.29) is 18.2 Å². The zero-order valence-corrected chi connectivity index (χ0v) is 21.7. The van der Waals surface area contributed by atoms with Gasteiger partial charge >= 0.3 is 5.97 Å². The van der Waals surface area contributed by atoms with Crippen molar-refractivity contribution in [3.63, 3.8) is 0 Å². The maximum absolute atomic E-state index is 13.1. The monoisotopic (exact) mass is 516 g/mol. The molecular weight excluding hydrogens is 480 g/mol. The molecule has 38 heavy (non-hydrogen) atoms. The largest absolute Gasteiger partial charge is 0.481 e. The minimum Gasteiger partial charge on any atom is -0.481 e. The van der Waals surface area contributed by atoms with E-state index in [1.54, 1.807) is 6.20 Å². The number of aliphatic carboxylic acids is 1. The molecule has 0 aliphatic carbocycles. The number of hydrogen-bond donors (Lipinski definition) is 4. The fraction of sp³-hybridized carbons (Fsp3) is 0.333. The summed E-state index contributed by atoms with van der Waals surface area (Å²) in [6, 6.07) is 21.6. The Balaban J connectivity index is 1.54. The summed E-state index contributed by atoms with van der Waals surface area (Å²) in [5, 5.41) is 18.4. The van der Waals surface area contributed by atoms with Crippen molar-refractivity contribution in [2.75, 3.05) is 11.9 Å². The first-order valence-corrected chi connectivity index (χ1v) is 13.1. The average molecular weight is 517 g/mol. The first kappa shape index (κ1) is 28.4. The van der Waals surface area contributed by atoms with E-state index >= 15 is 0 Å². The number of anilines is 1. The zero-order chi connectivity index (χ0) is 27.2. The number of unbranched alkanes of at least 4 members (excludes halogenated alkanes) is 1. The molecule has 0 aliphatic heterocycles. The van der Waals surface area contributed by atoms with Crippen molar-refractivity contribution in [2.24, 2.45) is 0 Å². The van der Waals surface area contributed by atoms with Gasteiger partial charge in [-0.25, -0.2) is 4.98 Å². The Kier molecular flexibility index (Phi) is 11.3. The molecule has 0 spiro atoms. The first-order valence-electron chi connectivity index (χ1n) is 13.1. The summed E-state index contributed by atoms with van der Waals surface area (Å²) in [5.41, 5.74) is 2.75. The summed E-state index contributed by atoms with van der Waals surface area (Å²) in [6.07, 6.45) is 4.38. The second-order valence-electron chi connectivity index (χ2n) is 9.15. The Morgan fingerprint density at radius 1 is 0.868 bits per heavy atom. The molecule has 1 heterocycles. The highest BCUT2D eigenvalue weighted by Crippen LogP contribution is 2.23. The summed E-state index contributed by atoms with van der Waals surface area (Å²) in [4.78, 5) is 41.4. The fourth-order valence-electron chi connectivity index (χ4n) is 4.16. The minimum absolute atomic E-state index is 0.196. The maximum atomic E-state index is 13.1. The van der Waals surface area contributed by atoms with Crippen molar-refractivity contribution in [3.8, 4) is 11.1 Å². The third-order valence-electron chi connectivity index (χ3n) is 6.15. The molecule has 8 nitrogen and oxygen atoms in total. The Morgan fingerprint density at radius 3 is 2.24 bits per heavy atom. The minimum atomic E-state index is -1.02. The molecule has 0 saturated heterocycles. The second kappa shape index (κ2) is 15.1. The van der Waals surface area contributed by atoms with Gasteiger partial charge in [0.1, 0.15) is 11.9 Å². The standard InChI is InChI=1S/C30H36N4O4/c1-2-10-25(33-28(35)14-7-9-20-32-27-13-6-8-19-31-27)30(38)34-26(21-29(36)37)24-17-15-23(16-18-24)22-11-4-3-5-12-22/h3-6,8,11-13,15-19,25-26H,2,7,9-10,14,20-21H2,1H3,(H,31,32)(H,33,35)(H,34,38)(H,36,37)/t25-,26?/m0/s1. The van der Waals surface area contributed by atoms with Gasteiger partial charge in [0.25, 0.3) is 0 Å². The summed E-state index contributed by atoms with van der Waals surface area (Å²) in [7, 11) is 0. The molecule has 3 aromatic rings. The fourth-order valence-corrected chi connectivity index (χ4v) is 4.16. The van der Waals surface area contributed by atoms with E-state index in [4.69, 9.17) is 0 Å². The molecule has 2 atom stereocenters. The van der Waals surface area contributed by atoms with Gasteiger partial charge < -0.3 is 21.1 Å². The molecular formula is C30H36N4O4. The van der Waals surface area contributed by atoms with E-state index in [9.17, 15) is 19.5 Å². The summed E-state index contributed by atoms with van der Waals surface area (Å²) in [5.74, 6) is -0.797. The first-order chi connectivity index (χ1) is 18.5. The van der Waals surface area contributed by atoms with Crippen LogP contribution >= 0.6 is 0 Å². The predicted octanol–water partition coefficient (Wildman–Crippen LogP) is 4.95. The van der Waals surface area contributed by atoms with Crippen LogP contribution in [0.15, 0.2) is 79.0 Å². The predicted molar refractivity (Wildman–Crippen MR) is 148 cm³/mol. The number of carbonyl (C=O) groups excluding carboxylic acids is 2. The van der Waals surface area contributed by atoms with Crippen LogP contribution in [0.25, 0.3) is 11.1 Å². The molecule has 0 radical (unpaired) electrons. The molecule has 0 saturated carbocycles. The van der Waals surface area contributed by atoms with Crippen molar-refractivity contribution in [1.29, 1.82) is 0 Å². The number of carboxylic acids is 1. The molecule has 3 rings (SSSR count). The number of aromatic nitrogens is 1. The average Bonchev–Trinajstić information content (AvgIpc) is 2.93. The number of carbonyl (C=O) groups is 3. The van der Waals surface area contributed by atoms with E-state index in [0.717, 1.165) is 23.4 Å². The van der Waals surface area contributed by atoms with Gasteiger partial charge in [-0.05, 0) is 48.1 Å². The van der Waals surface area contributed by atoms with Crippen LogP contribution in [0.4, 0.5) is 5.82 Å². The van der Waals surface area contributed by atoms with Crippen molar-refractivity contribution in [2.45, 2.75) is 57.5 Å². The van der Waals surface area contributed by atoms with E-state index in [1.807, 2.05) is 79.7 Å². The van der Waals surface area contributed by atoms with Crippen molar-refractivity contribution < 1.29 is 19.5 Å². The van der Waals surface area contributed by atoms with Crippen LogP contribution in [-0.2, 0) is 14.4 Å². The highest BCUT2D eigenvalue weighted by Gasteiger charge is 2.25. The SMILES string of the molecule is CCC[C@H](NC(=O)CCCCNc1ccccn1)C(=O)NC(CC(=O)O)c1ccc(-c2ccccc2)cc1. The van der Waals surface area contributed by atoms with E-state index < -0.39 is 18.1 Å². The lowest BCUT2D eigenvalue weighted by atomic mass is 9.98. The lowest BCUT2D eigenvalue weighted by Crippen LogP contribution is -2.47. The summed E-state index contributed by atoms with van der Waals surface area (Å²) < 4.78 is 0. The summed E-state index contributed by atoms with van der Waals surface area (Å²) in [6.45, 7) is 2.63. The van der Waals surface area contributed by atoms with Crippen LogP contribution in [0.1, 0.15) is 57.1 Å². The number of pyridine rings is 1. The van der Waals surface area contributed by atoms with Gasteiger partial charge in [0, 0.05) is 19.2 Å². The van der Waals surface area contributed by atoms with Gasteiger partial charge in [0.05, 0.1) is 12.5 Å². The number of rotatable bonds is 15. The third-order valence-corrected chi connectivity index (χ3v) is 6.15. The molecule has 1 unspecified atom stereocenters. The third kappa shape index (κ3) is 9.35. The number of hydrogen-bond acceptors (Lipinski definition) is 5. The van der Waals surface area contributed by atoms with Gasteiger partial charge in [-0.2, -0.15) is 0 Å². The van der Waals surface area contributed by atoms with E-state index in [0.29, 0.717) is 37.8 Å². The van der Waals surface area contributed by atoms with E-state index in [1.165, 1.54) is 0 Å². The highest BCUT2D eigenvalue weighted by atomic mass is 16.4. The smallest absolute Gasteiger partial charge is 0.305 e. The Labute approximate surface area is 223 Å². The summed E-state index contributed by atoms with van der Waals surface area (Å²) >= 11 is 0. The molecule has 0 bridgehead atoms. The van der Waals surface area contributed by atoms with Crippen LogP contribution in [0.2, 0.25) is 0 Å². The number of nitrogens with zero attached hydrogens (tertiary/aromatic N) is 1.